The highest BCUT2D eigenvalue weighted by molar-refractivity contribution is 7.10. The number of carbonyl (C=O) groups is 1. The van der Waals surface area contributed by atoms with E-state index >= 15 is 0 Å². The van der Waals surface area contributed by atoms with Crippen molar-refractivity contribution in [3.05, 3.63) is 75.8 Å². The number of amides is 1. The molecule has 3 rings (SSSR count). The van der Waals surface area contributed by atoms with Crippen LogP contribution < -0.4 is 0 Å². The van der Waals surface area contributed by atoms with Gasteiger partial charge in [-0.2, -0.15) is 0 Å². The van der Waals surface area contributed by atoms with Crippen molar-refractivity contribution in [2.75, 3.05) is 14.1 Å². The summed E-state index contributed by atoms with van der Waals surface area (Å²) in [7, 11) is 3.81. The van der Waals surface area contributed by atoms with Crippen LogP contribution in [0.5, 0.6) is 0 Å². The molecule has 0 unspecified atom stereocenters. The lowest BCUT2D eigenvalue weighted by atomic mass is 10.2. The Morgan fingerprint density at radius 1 is 1.15 bits per heavy atom. The molecule has 0 aliphatic rings. The molecule has 0 N–H and O–H groups in total. The van der Waals surface area contributed by atoms with E-state index in [1.807, 2.05) is 49.7 Å². The predicted molar refractivity (Wildman–Crippen MR) is 103 cm³/mol. The first-order valence-electron chi connectivity index (χ1n) is 8.53. The third-order valence-corrected chi connectivity index (χ3v) is 5.40. The summed E-state index contributed by atoms with van der Waals surface area (Å²) in [6.45, 7) is 3.41. The molecule has 0 radical (unpaired) electrons. The van der Waals surface area contributed by atoms with Crippen LogP contribution in [0.15, 0.2) is 58.4 Å². The number of nitrogens with zero attached hydrogens (tertiary/aromatic N) is 3. The van der Waals surface area contributed by atoms with Gasteiger partial charge in [0, 0.05) is 24.5 Å². The molecule has 2 heterocycles. The highest BCUT2D eigenvalue weighted by atomic mass is 32.1. The molecule has 0 aliphatic heterocycles. The monoisotopic (exact) mass is 369 g/mol. The summed E-state index contributed by atoms with van der Waals surface area (Å²) in [4.78, 5) is 17.6. The van der Waals surface area contributed by atoms with Crippen LogP contribution in [0.4, 0.5) is 0 Å². The van der Waals surface area contributed by atoms with Gasteiger partial charge in [-0.15, -0.1) is 11.3 Å². The Balaban J connectivity index is 1.61. The summed E-state index contributed by atoms with van der Waals surface area (Å²) in [5.41, 5.74) is 1.58. The molecule has 0 spiro atoms. The van der Waals surface area contributed by atoms with Crippen LogP contribution in [0.1, 0.15) is 39.7 Å². The summed E-state index contributed by atoms with van der Waals surface area (Å²) in [5.74, 6) is 0.551. The van der Waals surface area contributed by atoms with Crippen molar-refractivity contribution in [3.63, 3.8) is 0 Å². The summed E-state index contributed by atoms with van der Waals surface area (Å²) in [6.07, 6.45) is 0. The van der Waals surface area contributed by atoms with Gasteiger partial charge in [0.05, 0.1) is 12.6 Å². The highest BCUT2D eigenvalue weighted by Crippen LogP contribution is 2.24. The fourth-order valence-corrected chi connectivity index (χ4v) is 3.61. The number of thiophene rings is 1. The fraction of sp³-hybridized carbons (Fsp3) is 0.300. The maximum Gasteiger partial charge on any atom is 0.276 e. The topological polar surface area (TPSA) is 49.6 Å². The van der Waals surface area contributed by atoms with Crippen LogP contribution in [0.25, 0.3) is 0 Å². The molecule has 0 fully saturated rings. The van der Waals surface area contributed by atoms with E-state index < -0.39 is 0 Å². The number of carbonyl (C=O) groups excluding carboxylic acids is 1. The van der Waals surface area contributed by atoms with E-state index in [-0.39, 0.29) is 11.9 Å². The first kappa shape index (κ1) is 18.4. The van der Waals surface area contributed by atoms with Gasteiger partial charge in [-0.05, 0) is 31.0 Å². The first-order chi connectivity index (χ1) is 12.5. The van der Waals surface area contributed by atoms with Crippen molar-refractivity contribution < 1.29 is 9.32 Å². The first-order valence-corrected chi connectivity index (χ1v) is 9.41. The highest BCUT2D eigenvalue weighted by Gasteiger charge is 2.23. The van der Waals surface area contributed by atoms with E-state index in [9.17, 15) is 4.79 Å². The zero-order chi connectivity index (χ0) is 18.5. The number of hydrogen-bond donors (Lipinski definition) is 0. The van der Waals surface area contributed by atoms with Crippen molar-refractivity contribution in [2.24, 2.45) is 0 Å². The van der Waals surface area contributed by atoms with E-state index in [0.29, 0.717) is 18.0 Å². The van der Waals surface area contributed by atoms with Gasteiger partial charge in [0.15, 0.2) is 11.5 Å². The lowest BCUT2D eigenvalue weighted by Crippen LogP contribution is -2.29. The van der Waals surface area contributed by atoms with Crippen molar-refractivity contribution >= 4 is 17.2 Å². The molecule has 0 bridgehead atoms. The van der Waals surface area contributed by atoms with E-state index in [1.165, 1.54) is 5.56 Å². The van der Waals surface area contributed by atoms with Crippen LogP contribution in [0, 0.1) is 0 Å². The molecule has 136 valence electrons. The Morgan fingerprint density at radius 2 is 1.92 bits per heavy atom. The SMILES string of the molecule is C[C@H](c1cccs1)N(C)C(=O)c1cc(CN(C)Cc2ccccc2)on1. The van der Waals surface area contributed by atoms with Gasteiger partial charge in [-0.25, -0.2) is 0 Å². The number of rotatable bonds is 7. The molecule has 3 aromatic rings. The van der Waals surface area contributed by atoms with Crippen molar-refractivity contribution in [1.82, 2.24) is 15.0 Å². The third kappa shape index (κ3) is 4.39. The zero-order valence-corrected chi connectivity index (χ0v) is 16.1. The summed E-state index contributed by atoms with van der Waals surface area (Å²) in [5, 5.41) is 5.99. The summed E-state index contributed by atoms with van der Waals surface area (Å²) in [6, 6.07) is 16.0. The molecular weight excluding hydrogens is 346 g/mol. The maximum absolute atomic E-state index is 12.7. The normalized spacial score (nSPS) is 12.3. The molecule has 2 aromatic heterocycles. The third-order valence-electron chi connectivity index (χ3n) is 4.36. The zero-order valence-electron chi connectivity index (χ0n) is 15.3. The van der Waals surface area contributed by atoms with Crippen molar-refractivity contribution in [3.8, 4) is 0 Å². The van der Waals surface area contributed by atoms with E-state index in [4.69, 9.17) is 4.52 Å². The van der Waals surface area contributed by atoms with E-state index in [2.05, 4.69) is 22.2 Å². The standard InChI is InChI=1S/C20H23N3O2S/c1-15(19-10-7-11-26-19)23(3)20(24)18-12-17(25-21-18)14-22(2)13-16-8-5-4-6-9-16/h4-12,15H,13-14H2,1-3H3/t15-/m1/s1. The molecule has 26 heavy (non-hydrogen) atoms. The maximum atomic E-state index is 12.7. The minimum absolute atomic E-state index is 0.00315. The molecule has 0 aliphatic carbocycles. The second kappa shape index (κ2) is 8.29. The molecule has 6 heteroatoms. The van der Waals surface area contributed by atoms with Crippen LogP contribution in [0.2, 0.25) is 0 Å². The van der Waals surface area contributed by atoms with Gasteiger partial charge in [-0.1, -0.05) is 41.6 Å². The lowest BCUT2D eigenvalue weighted by Gasteiger charge is -2.22. The number of benzene rings is 1. The van der Waals surface area contributed by atoms with Crippen LogP contribution in [-0.4, -0.2) is 35.0 Å². The Morgan fingerprint density at radius 3 is 2.62 bits per heavy atom. The molecule has 1 amide bonds. The molecule has 0 saturated heterocycles. The van der Waals surface area contributed by atoms with Gasteiger partial charge in [0.1, 0.15) is 0 Å². The number of aromatic nitrogens is 1. The van der Waals surface area contributed by atoms with Gasteiger partial charge >= 0.3 is 0 Å². The fourth-order valence-electron chi connectivity index (χ4n) is 2.78. The minimum atomic E-state index is -0.133. The molecule has 1 aromatic carbocycles. The van der Waals surface area contributed by atoms with Gasteiger partial charge in [0.2, 0.25) is 0 Å². The van der Waals surface area contributed by atoms with Crippen molar-refractivity contribution in [2.45, 2.75) is 26.1 Å². The second-order valence-electron chi connectivity index (χ2n) is 6.44. The lowest BCUT2D eigenvalue weighted by molar-refractivity contribution is 0.0734. The Bertz CT molecular complexity index is 830. The minimum Gasteiger partial charge on any atom is -0.359 e. The summed E-state index contributed by atoms with van der Waals surface area (Å²) < 4.78 is 5.38. The smallest absolute Gasteiger partial charge is 0.276 e. The van der Waals surface area contributed by atoms with Crippen LogP contribution >= 0.6 is 11.3 Å². The number of hydrogen-bond acceptors (Lipinski definition) is 5. The van der Waals surface area contributed by atoms with E-state index in [1.54, 1.807) is 29.4 Å². The largest absolute Gasteiger partial charge is 0.359 e. The summed E-state index contributed by atoms with van der Waals surface area (Å²) >= 11 is 1.64. The molecule has 1 atom stereocenters. The van der Waals surface area contributed by atoms with Gasteiger partial charge in [-0.3, -0.25) is 9.69 Å². The van der Waals surface area contributed by atoms with E-state index in [0.717, 1.165) is 11.4 Å². The van der Waals surface area contributed by atoms with Crippen molar-refractivity contribution in [1.29, 1.82) is 0 Å². The van der Waals surface area contributed by atoms with Crippen LogP contribution in [-0.2, 0) is 13.1 Å². The Hall–Kier alpha value is -2.44. The van der Waals surface area contributed by atoms with Crippen LogP contribution in [0.3, 0.4) is 0 Å². The Labute approximate surface area is 157 Å². The predicted octanol–water partition coefficient (Wildman–Crippen LogP) is 4.20. The molecule has 0 saturated carbocycles. The second-order valence-corrected chi connectivity index (χ2v) is 7.42. The Kier molecular flexibility index (Phi) is 5.85. The molecule has 5 nitrogen and oxygen atoms in total. The van der Waals surface area contributed by atoms with Gasteiger partial charge in [0.25, 0.3) is 5.91 Å². The average Bonchev–Trinajstić information content (AvgIpc) is 3.32. The quantitative estimate of drug-likeness (QED) is 0.626. The molecular formula is C20H23N3O2S. The van der Waals surface area contributed by atoms with Gasteiger partial charge < -0.3 is 9.42 Å². The average molecular weight is 369 g/mol.